The van der Waals surface area contributed by atoms with Gasteiger partial charge in [0.15, 0.2) is 0 Å². The number of thiol groups is 1. The average molecular weight is 477 g/mol. The predicted octanol–water partition coefficient (Wildman–Crippen LogP) is -0.260. The fraction of sp³-hybridized carbons (Fsp3) is 0.750. The summed E-state index contributed by atoms with van der Waals surface area (Å²) < 4.78 is 0. The highest BCUT2D eigenvalue weighted by Crippen LogP contribution is 2.11. The van der Waals surface area contributed by atoms with Crippen LogP contribution in [0.25, 0.3) is 0 Å². The molecule has 0 aliphatic carbocycles. The number of amides is 3. The summed E-state index contributed by atoms with van der Waals surface area (Å²) in [6.45, 7) is 7.25. The third-order valence-electron chi connectivity index (χ3n) is 4.94. The topological polar surface area (TPSA) is 188 Å². The predicted molar refractivity (Wildman–Crippen MR) is 121 cm³/mol. The van der Waals surface area contributed by atoms with Crippen molar-refractivity contribution < 1.29 is 34.2 Å². The fourth-order valence-corrected chi connectivity index (χ4v) is 3.04. The van der Waals surface area contributed by atoms with Crippen molar-refractivity contribution in [1.29, 1.82) is 0 Å². The van der Waals surface area contributed by atoms with Crippen LogP contribution >= 0.6 is 12.6 Å². The Morgan fingerprint density at radius 3 is 1.91 bits per heavy atom. The Kier molecular flexibility index (Phi) is 13.6. The zero-order valence-electron chi connectivity index (χ0n) is 19.0. The Morgan fingerprint density at radius 1 is 0.906 bits per heavy atom. The summed E-state index contributed by atoms with van der Waals surface area (Å²) in [6, 6.07) is -4.35. The quantitative estimate of drug-likeness (QED) is 0.157. The number of carboxylic acids is 2. The summed E-state index contributed by atoms with van der Waals surface area (Å²) in [7, 11) is 0. The Labute approximate surface area is 193 Å². The summed E-state index contributed by atoms with van der Waals surface area (Å²) >= 11 is 3.92. The van der Waals surface area contributed by atoms with Crippen LogP contribution in [0.3, 0.4) is 0 Å². The van der Waals surface area contributed by atoms with Crippen LogP contribution < -0.4 is 21.7 Å². The molecule has 3 amide bonds. The first-order valence-corrected chi connectivity index (χ1v) is 11.2. The summed E-state index contributed by atoms with van der Waals surface area (Å²) in [5, 5.41) is 25.4. The molecule has 0 heterocycles. The van der Waals surface area contributed by atoms with Gasteiger partial charge in [0.05, 0.1) is 6.04 Å². The SMILES string of the molecule is CCC(C)C(NC(=O)C(CC(C)C)NC(=O)C(N)CCC(=O)O)C(=O)NC(CS)C(=O)O. The van der Waals surface area contributed by atoms with Crippen LogP contribution in [-0.2, 0) is 24.0 Å². The molecule has 11 nitrogen and oxygen atoms in total. The molecule has 184 valence electrons. The van der Waals surface area contributed by atoms with Gasteiger partial charge in [0.25, 0.3) is 0 Å². The molecule has 0 aliphatic heterocycles. The standard InChI is InChI=1S/C20H36N4O7S/c1-5-11(4)16(19(29)23-14(9-32)20(30)31)24-18(28)13(8-10(2)3)22-17(27)12(21)6-7-15(25)26/h10-14,16,32H,5-9,21H2,1-4H3,(H,22,27)(H,23,29)(H,24,28)(H,25,26)(H,30,31). The number of hydrogen-bond donors (Lipinski definition) is 7. The second kappa shape index (κ2) is 14.7. The second-order valence-corrected chi connectivity index (χ2v) is 8.55. The number of nitrogens with one attached hydrogen (secondary N) is 3. The van der Waals surface area contributed by atoms with Gasteiger partial charge in [0.1, 0.15) is 18.1 Å². The number of carboxylic acid groups (broad SMARTS) is 2. The minimum absolute atomic E-state index is 0.0118. The Bertz CT molecular complexity index is 674. The highest BCUT2D eigenvalue weighted by atomic mass is 32.1. The molecule has 0 fully saturated rings. The van der Waals surface area contributed by atoms with Crippen molar-refractivity contribution in [3.63, 3.8) is 0 Å². The van der Waals surface area contributed by atoms with E-state index >= 15 is 0 Å². The third kappa shape index (κ3) is 10.8. The first-order valence-electron chi connectivity index (χ1n) is 10.6. The highest BCUT2D eigenvalue weighted by Gasteiger charge is 2.32. The first kappa shape index (κ1) is 29.7. The molecule has 5 unspecified atom stereocenters. The van der Waals surface area contributed by atoms with Crippen LogP contribution in [0.2, 0.25) is 0 Å². The number of hydrogen-bond acceptors (Lipinski definition) is 7. The van der Waals surface area contributed by atoms with Crippen molar-refractivity contribution in [3.05, 3.63) is 0 Å². The highest BCUT2D eigenvalue weighted by molar-refractivity contribution is 7.80. The van der Waals surface area contributed by atoms with E-state index < -0.39 is 53.8 Å². The van der Waals surface area contributed by atoms with E-state index in [0.717, 1.165) is 0 Å². The zero-order valence-corrected chi connectivity index (χ0v) is 19.9. The van der Waals surface area contributed by atoms with Crippen LogP contribution in [0.5, 0.6) is 0 Å². The van der Waals surface area contributed by atoms with E-state index in [1.807, 2.05) is 20.8 Å². The Morgan fingerprint density at radius 2 is 1.47 bits per heavy atom. The molecule has 0 spiro atoms. The van der Waals surface area contributed by atoms with Gasteiger partial charge in [-0.1, -0.05) is 34.1 Å². The number of carbonyl (C=O) groups excluding carboxylic acids is 3. The number of nitrogens with two attached hydrogens (primary N) is 1. The number of rotatable bonds is 15. The van der Waals surface area contributed by atoms with Crippen LogP contribution in [0.4, 0.5) is 0 Å². The maximum absolute atomic E-state index is 13.0. The van der Waals surface area contributed by atoms with E-state index in [9.17, 15) is 24.0 Å². The lowest BCUT2D eigenvalue weighted by atomic mass is 9.96. The zero-order chi connectivity index (χ0) is 25.0. The lowest BCUT2D eigenvalue weighted by Gasteiger charge is -2.28. The van der Waals surface area contributed by atoms with Crippen LogP contribution in [0.1, 0.15) is 53.4 Å². The van der Waals surface area contributed by atoms with Gasteiger partial charge in [0, 0.05) is 12.2 Å². The minimum Gasteiger partial charge on any atom is -0.481 e. The molecular weight excluding hydrogens is 440 g/mol. The van der Waals surface area contributed by atoms with Gasteiger partial charge in [0.2, 0.25) is 17.7 Å². The van der Waals surface area contributed by atoms with Crippen molar-refractivity contribution in [1.82, 2.24) is 16.0 Å². The van der Waals surface area contributed by atoms with Crippen molar-refractivity contribution >= 4 is 42.3 Å². The molecule has 0 aromatic rings. The van der Waals surface area contributed by atoms with Gasteiger partial charge in [-0.15, -0.1) is 0 Å². The van der Waals surface area contributed by atoms with Crippen LogP contribution in [-0.4, -0.2) is 69.8 Å². The molecule has 32 heavy (non-hydrogen) atoms. The van der Waals surface area contributed by atoms with Crippen molar-refractivity contribution in [2.75, 3.05) is 5.75 Å². The molecule has 5 atom stereocenters. The maximum atomic E-state index is 13.0. The summed E-state index contributed by atoms with van der Waals surface area (Å²) in [5.41, 5.74) is 5.73. The smallest absolute Gasteiger partial charge is 0.327 e. The van der Waals surface area contributed by atoms with E-state index in [2.05, 4.69) is 28.6 Å². The number of carbonyl (C=O) groups is 5. The molecule has 12 heteroatoms. The Hall–Kier alpha value is -2.34. The van der Waals surface area contributed by atoms with Crippen LogP contribution in [0, 0.1) is 11.8 Å². The lowest BCUT2D eigenvalue weighted by molar-refractivity contribution is -0.142. The summed E-state index contributed by atoms with van der Waals surface area (Å²) in [5.74, 6) is -4.71. The fourth-order valence-electron chi connectivity index (χ4n) is 2.79. The normalized spacial score (nSPS) is 15.7. The minimum atomic E-state index is -1.25. The van der Waals surface area contributed by atoms with E-state index in [1.165, 1.54) is 0 Å². The molecular formula is C20H36N4O7S. The summed E-state index contributed by atoms with van der Waals surface area (Å²) in [4.78, 5) is 59.9. The molecule has 0 rings (SSSR count). The molecule has 0 aliphatic rings. The summed E-state index contributed by atoms with van der Waals surface area (Å²) in [6.07, 6.45) is 0.405. The molecule has 0 aromatic carbocycles. The van der Waals surface area contributed by atoms with Gasteiger partial charge in [-0.25, -0.2) is 4.79 Å². The van der Waals surface area contributed by atoms with Crippen molar-refractivity contribution in [2.24, 2.45) is 17.6 Å². The van der Waals surface area contributed by atoms with Crippen molar-refractivity contribution in [3.8, 4) is 0 Å². The monoisotopic (exact) mass is 476 g/mol. The maximum Gasteiger partial charge on any atom is 0.327 e. The van der Waals surface area contributed by atoms with E-state index in [1.54, 1.807) is 6.92 Å². The molecule has 0 aromatic heterocycles. The molecule has 0 radical (unpaired) electrons. The van der Waals surface area contributed by atoms with E-state index in [4.69, 9.17) is 15.9 Å². The molecule has 0 bridgehead atoms. The van der Waals surface area contributed by atoms with Gasteiger partial charge in [-0.05, 0) is 24.7 Å². The molecule has 0 saturated carbocycles. The van der Waals surface area contributed by atoms with Gasteiger partial charge in [-0.2, -0.15) is 12.6 Å². The second-order valence-electron chi connectivity index (χ2n) is 8.18. The third-order valence-corrected chi connectivity index (χ3v) is 5.30. The lowest BCUT2D eigenvalue weighted by Crippen LogP contribution is -2.59. The average Bonchev–Trinajstić information content (AvgIpc) is 2.71. The van der Waals surface area contributed by atoms with Crippen LogP contribution in [0.15, 0.2) is 0 Å². The number of aliphatic carboxylic acids is 2. The first-order chi connectivity index (χ1) is 14.8. The van der Waals surface area contributed by atoms with Gasteiger partial charge >= 0.3 is 11.9 Å². The largest absolute Gasteiger partial charge is 0.481 e. The van der Waals surface area contributed by atoms with E-state index in [-0.39, 0.29) is 36.9 Å². The Balaban J connectivity index is 5.44. The van der Waals surface area contributed by atoms with Crippen molar-refractivity contribution in [2.45, 2.75) is 77.5 Å². The van der Waals surface area contributed by atoms with Gasteiger partial charge < -0.3 is 31.9 Å². The molecule has 7 N–H and O–H groups in total. The van der Waals surface area contributed by atoms with Gasteiger partial charge in [-0.3, -0.25) is 19.2 Å². The van der Waals surface area contributed by atoms with E-state index in [0.29, 0.717) is 6.42 Å². The molecule has 0 saturated heterocycles.